The van der Waals surface area contributed by atoms with Gasteiger partial charge in [-0.1, -0.05) is 30.3 Å². The van der Waals surface area contributed by atoms with Gasteiger partial charge < -0.3 is 10.4 Å². The smallest absolute Gasteiger partial charge is 0.396 e. The Morgan fingerprint density at radius 3 is 2.24 bits per heavy atom. The summed E-state index contributed by atoms with van der Waals surface area (Å²) >= 11 is 0. The molecule has 1 aromatic carbocycles. The summed E-state index contributed by atoms with van der Waals surface area (Å²) < 4.78 is 39.1. The van der Waals surface area contributed by atoms with Crippen LogP contribution in [0.25, 0.3) is 0 Å². The van der Waals surface area contributed by atoms with Crippen molar-refractivity contribution in [2.45, 2.75) is 37.9 Å². The van der Waals surface area contributed by atoms with Gasteiger partial charge in [0.1, 0.15) is 0 Å². The van der Waals surface area contributed by atoms with Gasteiger partial charge >= 0.3 is 12.1 Å². The molecule has 1 amide bonds. The van der Waals surface area contributed by atoms with E-state index in [2.05, 4.69) is 5.32 Å². The van der Waals surface area contributed by atoms with Crippen molar-refractivity contribution in [3.63, 3.8) is 0 Å². The summed E-state index contributed by atoms with van der Waals surface area (Å²) in [6, 6.07) is 6.43. The Hall–Kier alpha value is -2.05. The molecule has 1 rings (SSSR count). The highest BCUT2D eigenvalue weighted by molar-refractivity contribution is 5.78. The van der Waals surface area contributed by atoms with Crippen molar-refractivity contribution in [1.29, 1.82) is 0 Å². The molecule has 0 radical (unpaired) electrons. The van der Waals surface area contributed by atoms with Crippen LogP contribution >= 0.6 is 0 Å². The number of benzene rings is 1. The third kappa shape index (κ3) is 5.85. The molecule has 0 aliphatic heterocycles. The van der Waals surface area contributed by atoms with E-state index < -0.39 is 36.4 Å². The summed E-state index contributed by atoms with van der Waals surface area (Å²) in [5.74, 6) is -3.86. The number of amides is 1. The molecule has 116 valence electrons. The minimum atomic E-state index is -4.55. The largest absolute Gasteiger partial charge is 0.481 e. The Morgan fingerprint density at radius 2 is 1.76 bits per heavy atom. The van der Waals surface area contributed by atoms with Crippen molar-refractivity contribution in [2.24, 2.45) is 0 Å². The van der Waals surface area contributed by atoms with Crippen LogP contribution in [0.1, 0.15) is 31.2 Å². The number of carboxylic acid groups (broad SMARTS) is 1. The van der Waals surface area contributed by atoms with Gasteiger partial charge in [0.15, 0.2) is 0 Å². The van der Waals surface area contributed by atoms with E-state index in [9.17, 15) is 22.8 Å². The topological polar surface area (TPSA) is 66.4 Å². The van der Waals surface area contributed by atoms with Crippen molar-refractivity contribution < 1.29 is 27.9 Å². The maximum absolute atomic E-state index is 13.0. The fourth-order valence-corrected chi connectivity index (χ4v) is 1.94. The van der Waals surface area contributed by atoms with Gasteiger partial charge in [0.25, 0.3) is 0 Å². The first-order valence-corrected chi connectivity index (χ1v) is 6.33. The van der Waals surface area contributed by atoms with Gasteiger partial charge in [0.2, 0.25) is 5.91 Å². The van der Waals surface area contributed by atoms with E-state index in [1.54, 1.807) is 6.07 Å². The van der Waals surface area contributed by atoms with Crippen LogP contribution in [0.5, 0.6) is 0 Å². The molecule has 0 fully saturated rings. The fourth-order valence-electron chi connectivity index (χ4n) is 1.94. The molecular weight excluding hydrogens is 287 g/mol. The summed E-state index contributed by atoms with van der Waals surface area (Å²) in [5.41, 5.74) is 0.00559. The van der Waals surface area contributed by atoms with Crippen LogP contribution in [0.15, 0.2) is 30.3 Å². The quantitative estimate of drug-likeness (QED) is 0.849. The number of nitrogens with one attached hydrogen (secondary N) is 1. The molecule has 0 spiro atoms. The Kier molecular flexibility index (Phi) is 5.75. The Labute approximate surface area is 120 Å². The van der Waals surface area contributed by atoms with Crippen LogP contribution in [0.3, 0.4) is 0 Å². The first-order valence-electron chi connectivity index (χ1n) is 6.33. The third-order valence-electron chi connectivity index (χ3n) is 2.87. The predicted octanol–water partition coefficient (Wildman–Crippen LogP) is 2.70. The molecule has 0 saturated carbocycles. The number of hydrogen-bond donors (Lipinski definition) is 2. The summed E-state index contributed by atoms with van der Waals surface area (Å²) in [6.45, 7) is 1.43. The Bertz CT molecular complexity index is 488. The molecule has 2 atom stereocenters. The van der Waals surface area contributed by atoms with Crippen molar-refractivity contribution in [3.05, 3.63) is 35.9 Å². The molecule has 2 unspecified atom stereocenters. The van der Waals surface area contributed by atoms with Gasteiger partial charge in [-0.05, 0) is 12.5 Å². The number of carbonyl (C=O) groups is 2. The highest BCUT2D eigenvalue weighted by Gasteiger charge is 2.41. The maximum Gasteiger partial charge on any atom is 0.396 e. The zero-order valence-electron chi connectivity index (χ0n) is 11.4. The lowest BCUT2D eigenvalue weighted by molar-refractivity contribution is -0.157. The van der Waals surface area contributed by atoms with Crippen molar-refractivity contribution >= 4 is 11.9 Å². The highest BCUT2D eigenvalue weighted by atomic mass is 19.4. The Balaban J connectivity index is 2.75. The first-order chi connectivity index (χ1) is 9.70. The molecule has 0 aliphatic rings. The van der Waals surface area contributed by atoms with E-state index in [0.29, 0.717) is 0 Å². The number of alkyl halides is 3. The molecule has 21 heavy (non-hydrogen) atoms. The molecule has 7 heteroatoms. The molecular formula is C14H16F3NO3. The third-order valence-corrected chi connectivity index (χ3v) is 2.87. The van der Waals surface area contributed by atoms with E-state index in [1.165, 1.54) is 31.2 Å². The van der Waals surface area contributed by atoms with Gasteiger partial charge in [0, 0.05) is 12.5 Å². The van der Waals surface area contributed by atoms with E-state index in [-0.39, 0.29) is 12.0 Å². The lowest BCUT2D eigenvalue weighted by atomic mass is 9.94. The second-order valence-electron chi connectivity index (χ2n) is 4.78. The van der Waals surface area contributed by atoms with Crippen LogP contribution in [-0.2, 0) is 9.59 Å². The number of aliphatic carboxylic acids is 1. The van der Waals surface area contributed by atoms with Crippen molar-refractivity contribution in [3.8, 4) is 0 Å². The number of carboxylic acids is 1. The lowest BCUT2D eigenvalue weighted by Crippen LogP contribution is -2.36. The lowest BCUT2D eigenvalue weighted by Gasteiger charge is -2.21. The van der Waals surface area contributed by atoms with Crippen molar-refractivity contribution in [1.82, 2.24) is 5.32 Å². The molecule has 0 saturated heterocycles. The van der Waals surface area contributed by atoms with Crippen LogP contribution in [-0.4, -0.2) is 29.2 Å². The van der Waals surface area contributed by atoms with Gasteiger partial charge in [-0.2, -0.15) is 13.2 Å². The van der Waals surface area contributed by atoms with Gasteiger partial charge in [-0.3, -0.25) is 9.59 Å². The number of rotatable bonds is 6. The van der Waals surface area contributed by atoms with Gasteiger partial charge in [-0.15, -0.1) is 0 Å². The zero-order chi connectivity index (χ0) is 16.0. The van der Waals surface area contributed by atoms with E-state index >= 15 is 0 Å². The summed E-state index contributed by atoms with van der Waals surface area (Å²) in [6.07, 6.45) is -5.65. The normalized spacial score (nSPS) is 14.3. The molecule has 4 nitrogen and oxygen atoms in total. The van der Waals surface area contributed by atoms with E-state index in [0.717, 1.165) is 0 Å². The van der Waals surface area contributed by atoms with Gasteiger partial charge in [0.05, 0.1) is 12.3 Å². The number of halogens is 3. The van der Waals surface area contributed by atoms with E-state index in [1.807, 2.05) is 0 Å². The number of carbonyl (C=O) groups excluding carboxylic acids is 1. The van der Waals surface area contributed by atoms with Crippen molar-refractivity contribution in [2.75, 3.05) is 0 Å². The van der Waals surface area contributed by atoms with Crippen LogP contribution < -0.4 is 5.32 Å². The van der Waals surface area contributed by atoms with Crippen LogP contribution in [0, 0.1) is 0 Å². The van der Waals surface area contributed by atoms with Crippen LogP contribution in [0.2, 0.25) is 0 Å². The van der Waals surface area contributed by atoms with Crippen LogP contribution in [0.4, 0.5) is 13.2 Å². The second kappa shape index (κ2) is 7.10. The molecule has 0 heterocycles. The minimum absolute atomic E-state index is 0.00559. The molecule has 0 aliphatic carbocycles. The SMILES string of the molecule is CC(CC(=O)O)NC(=O)CC(c1ccccc1)C(F)(F)F. The first kappa shape index (κ1) is 17.0. The second-order valence-corrected chi connectivity index (χ2v) is 4.78. The Morgan fingerprint density at radius 1 is 1.19 bits per heavy atom. The zero-order valence-corrected chi connectivity index (χ0v) is 11.4. The summed E-state index contributed by atoms with van der Waals surface area (Å²) in [7, 11) is 0. The number of hydrogen-bond acceptors (Lipinski definition) is 2. The highest BCUT2D eigenvalue weighted by Crippen LogP contribution is 2.37. The fraction of sp³-hybridized carbons (Fsp3) is 0.429. The molecule has 1 aromatic rings. The van der Waals surface area contributed by atoms with Gasteiger partial charge in [-0.25, -0.2) is 0 Å². The molecule has 0 aromatic heterocycles. The monoisotopic (exact) mass is 303 g/mol. The standard InChI is InChI=1S/C14H16F3NO3/c1-9(7-13(20)21)18-12(19)8-11(14(15,16)17)10-5-3-2-4-6-10/h2-6,9,11H,7-8H2,1H3,(H,18,19)(H,20,21). The summed E-state index contributed by atoms with van der Waals surface area (Å²) in [5, 5.41) is 10.8. The maximum atomic E-state index is 13.0. The predicted molar refractivity (Wildman–Crippen MR) is 69.7 cm³/mol. The summed E-state index contributed by atoms with van der Waals surface area (Å²) in [4.78, 5) is 22.1. The van der Waals surface area contributed by atoms with E-state index in [4.69, 9.17) is 5.11 Å². The minimum Gasteiger partial charge on any atom is -0.481 e. The molecule has 0 bridgehead atoms. The average molecular weight is 303 g/mol. The average Bonchev–Trinajstić information content (AvgIpc) is 2.34. The molecule has 2 N–H and O–H groups in total.